The van der Waals surface area contributed by atoms with Crippen molar-refractivity contribution in [2.75, 3.05) is 17.6 Å². The van der Waals surface area contributed by atoms with Crippen molar-refractivity contribution in [3.63, 3.8) is 0 Å². The summed E-state index contributed by atoms with van der Waals surface area (Å²) in [4.78, 5) is 24.3. The Kier molecular flexibility index (Phi) is 11.4. The molecule has 0 radical (unpaired) electrons. The third kappa shape index (κ3) is 7.96. The fraction of sp³-hybridized carbons (Fsp3) is 0.500. The summed E-state index contributed by atoms with van der Waals surface area (Å²) in [5.41, 5.74) is 1.94. The summed E-state index contributed by atoms with van der Waals surface area (Å²) in [5, 5.41) is 4.08. The maximum atomic E-state index is 14.5. The molecule has 262 valence electrons. The summed E-state index contributed by atoms with van der Waals surface area (Å²) in [6.45, 7) is 18.6. The van der Waals surface area contributed by atoms with Gasteiger partial charge in [0.1, 0.15) is 23.1 Å². The van der Waals surface area contributed by atoms with Crippen LogP contribution in [0.1, 0.15) is 68.8 Å². The lowest BCUT2D eigenvalue weighted by molar-refractivity contribution is -0.131. The molecule has 1 aliphatic heterocycles. The van der Waals surface area contributed by atoms with Gasteiger partial charge in [0.15, 0.2) is 5.76 Å². The van der Waals surface area contributed by atoms with E-state index in [1.165, 1.54) is 6.07 Å². The normalized spacial score (nSPS) is 16.0. The fourth-order valence-corrected chi connectivity index (χ4v) is 8.90. The maximum absolute atomic E-state index is 14.5. The number of aromatic nitrogens is 1. The number of ether oxygens (including phenoxy) is 1. The van der Waals surface area contributed by atoms with E-state index in [0.717, 1.165) is 66.7 Å². The standard InChI is InChI=1S/C36H46ClN5O5SSi/c1-7-8-15-32-39-36(18-11-12-19-36)35(43)41(32)24-27-16-17-29(28(22-27)23-38-3)30-13-9-10-14-31(30)48(44,45)42(25-46-20-21-49(4,5)6)34-33(37)26(2)47-40-34/h9-10,13-14,16-17,22H,7-8,11-12,15,18-21,23-25H2,1-2,4-6H3. The summed E-state index contributed by atoms with van der Waals surface area (Å²) in [5.74, 6) is 1.15. The van der Waals surface area contributed by atoms with Crippen LogP contribution >= 0.6 is 11.6 Å². The predicted molar refractivity (Wildman–Crippen MR) is 196 cm³/mol. The van der Waals surface area contributed by atoms with Crippen LogP contribution in [0, 0.1) is 13.5 Å². The molecule has 1 aromatic heterocycles. The number of rotatable bonds is 15. The number of hydrogen-bond acceptors (Lipinski definition) is 7. The maximum Gasteiger partial charge on any atom is 0.268 e. The van der Waals surface area contributed by atoms with Crippen molar-refractivity contribution in [3.8, 4) is 11.1 Å². The molecule has 0 atom stereocenters. The molecular weight excluding hydrogens is 678 g/mol. The van der Waals surface area contributed by atoms with E-state index in [9.17, 15) is 13.2 Å². The van der Waals surface area contributed by atoms with Crippen LogP contribution in [0.5, 0.6) is 0 Å². The topological polar surface area (TPSA) is 110 Å². The smallest absolute Gasteiger partial charge is 0.268 e. The Hall–Kier alpha value is -3.50. The summed E-state index contributed by atoms with van der Waals surface area (Å²) in [6, 6.07) is 13.2. The number of benzene rings is 2. The van der Waals surface area contributed by atoms with Gasteiger partial charge >= 0.3 is 0 Å². The third-order valence-corrected chi connectivity index (χ3v) is 13.1. The van der Waals surface area contributed by atoms with Crippen molar-refractivity contribution in [1.29, 1.82) is 0 Å². The average molecular weight is 724 g/mol. The van der Waals surface area contributed by atoms with E-state index >= 15 is 0 Å². The second-order valence-electron chi connectivity index (χ2n) is 14.1. The SMILES string of the molecule is [C-]#[N+]Cc1cc(CN2C(=O)C3(CCCC3)N=C2CCCC)ccc1-c1ccccc1S(=O)(=O)N(COCC[Si](C)(C)C)c1noc(C)c1Cl. The lowest BCUT2D eigenvalue weighted by atomic mass is 9.96. The minimum atomic E-state index is -4.29. The monoisotopic (exact) mass is 723 g/mol. The van der Waals surface area contributed by atoms with Crippen LogP contribution in [0.3, 0.4) is 0 Å². The molecule has 2 heterocycles. The van der Waals surface area contributed by atoms with Gasteiger partial charge < -0.3 is 14.1 Å². The zero-order chi connectivity index (χ0) is 35.4. The second kappa shape index (κ2) is 15.2. The lowest BCUT2D eigenvalue weighted by Gasteiger charge is -2.25. The first-order chi connectivity index (χ1) is 23.3. The van der Waals surface area contributed by atoms with Gasteiger partial charge in [-0.3, -0.25) is 14.7 Å². The first-order valence-corrected chi connectivity index (χ1v) is 22.5. The summed E-state index contributed by atoms with van der Waals surface area (Å²) in [6.07, 6.45) is 6.27. The van der Waals surface area contributed by atoms with Gasteiger partial charge in [0.2, 0.25) is 12.4 Å². The molecule has 1 fully saturated rings. The summed E-state index contributed by atoms with van der Waals surface area (Å²) >= 11 is 6.50. The van der Waals surface area contributed by atoms with E-state index in [-0.39, 0.29) is 34.9 Å². The molecule has 0 saturated heterocycles. The number of carbonyl (C=O) groups is 1. The first-order valence-electron chi connectivity index (χ1n) is 17.0. The molecule has 0 N–H and O–H groups in total. The molecule has 1 spiro atoms. The van der Waals surface area contributed by atoms with Crippen LogP contribution in [0.2, 0.25) is 30.7 Å². The number of amides is 1. The van der Waals surface area contributed by atoms with Crippen molar-refractivity contribution in [2.24, 2.45) is 4.99 Å². The highest BCUT2D eigenvalue weighted by Gasteiger charge is 2.49. The number of hydrogen-bond donors (Lipinski definition) is 0. The minimum Gasteiger partial charge on any atom is -0.360 e. The Morgan fingerprint density at radius 3 is 2.53 bits per heavy atom. The molecule has 0 unspecified atom stereocenters. The minimum absolute atomic E-state index is 0.0198. The number of sulfonamides is 1. The molecule has 1 amide bonds. The van der Waals surface area contributed by atoms with Gasteiger partial charge in [-0.25, -0.2) is 19.3 Å². The van der Waals surface area contributed by atoms with Crippen LogP contribution in [-0.4, -0.2) is 57.2 Å². The summed E-state index contributed by atoms with van der Waals surface area (Å²) in [7, 11) is -5.73. The van der Waals surface area contributed by atoms with Crippen LogP contribution in [0.4, 0.5) is 5.82 Å². The van der Waals surface area contributed by atoms with Gasteiger partial charge in [-0.15, -0.1) is 0 Å². The highest BCUT2D eigenvalue weighted by molar-refractivity contribution is 7.93. The molecule has 3 aromatic rings. The predicted octanol–water partition coefficient (Wildman–Crippen LogP) is 8.47. The van der Waals surface area contributed by atoms with Crippen molar-refractivity contribution >= 4 is 47.3 Å². The van der Waals surface area contributed by atoms with Gasteiger partial charge in [0, 0.05) is 32.2 Å². The number of halogens is 1. The quantitative estimate of drug-likeness (QED) is 0.0674. The van der Waals surface area contributed by atoms with Crippen LogP contribution < -0.4 is 4.31 Å². The van der Waals surface area contributed by atoms with Gasteiger partial charge in [-0.05, 0) is 55.5 Å². The molecule has 10 nitrogen and oxygen atoms in total. The zero-order valence-electron chi connectivity index (χ0n) is 29.1. The van der Waals surface area contributed by atoms with Crippen molar-refractivity contribution in [3.05, 3.63) is 75.8 Å². The fourth-order valence-electron chi connectivity index (χ4n) is 6.41. The van der Waals surface area contributed by atoms with Crippen LogP contribution in [0.15, 0.2) is 56.9 Å². The lowest BCUT2D eigenvalue weighted by Crippen LogP contribution is -2.40. The van der Waals surface area contributed by atoms with Crippen molar-refractivity contribution in [2.45, 2.75) is 108 Å². The molecule has 1 saturated carbocycles. The second-order valence-corrected chi connectivity index (χ2v) is 22.0. The van der Waals surface area contributed by atoms with Crippen molar-refractivity contribution in [1.82, 2.24) is 10.1 Å². The van der Waals surface area contributed by atoms with Gasteiger partial charge in [-0.2, -0.15) is 0 Å². The van der Waals surface area contributed by atoms with E-state index in [4.69, 9.17) is 32.4 Å². The van der Waals surface area contributed by atoms with Gasteiger partial charge in [-0.1, -0.05) is 92.9 Å². The molecule has 49 heavy (non-hydrogen) atoms. The highest BCUT2D eigenvalue weighted by atomic mass is 35.5. The molecule has 5 rings (SSSR count). The van der Waals surface area contributed by atoms with Crippen molar-refractivity contribution < 1.29 is 22.5 Å². The Bertz CT molecular complexity index is 1860. The number of amidine groups is 1. The Balaban J connectivity index is 1.50. The molecule has 2 aromatic carbocycles. The Morgan fingerprint density at radius 1 is 1.14 bits per heavy atom. The molecule has 13 heteroatoms. The Morgan fingerprint density at radius 2 is 1.88 bits per heavy atom. The van der Waals surface area contributed by atoms with Crippen LogP contribution in [0.25, 0.3) is 16.0 Å². The Labute approximate surface area is 296 Å². The van der Waals surface area contributed by atoms with E-state index in [0.29, 0.717) is 35.6 Å². The first kappa shape index (κ1) is 36.8. The number of carbonyl (C=O) groups excluding carboxylic acids is 1. The van der Waals surface area contributed by atoms with E-state index in [1.54, 1.807) is 25.1 Å². The number of aryl methyl sites for hydroxylation is 1. The molecule has 0 bridgehead atoms. The van der Waals surface area contributed by atoms with E-state index in [2.05, 4.69) is 36.6 Å². The zero-order valence-corrected chi connectivity index (χ0v) is 31.7. The summed E-state index contributed by atoms with van der Waals surface area (Å²) < 4.78 is 41.3. The number of anilines is 1. The van der Waals surface area contributed by atoms with Crippen LogP contribution in [-0.2, 0) is 32.6 Å². The van der Waals surface area contributed by atoms with Gasteiger partial charge in [0.25, 0.3) is 15.9 Å². The highest BCUT2D eigenvalue weighted by Crippen LogP contribution is 2.41. The average Bonchev–Trinajstić information content (AvgIpc) is 3.74. The van der Waals surface area contributed by atoms with E-state index in [1.807, 2.05) is 23.1 Å². The largest absolute Gasteiger partial charge is 0.360 e. The van der Waals surface area contributed by atoms with E-state index < -0.39 is 23.6 Å². The molecule has 1 aliphatic carbocycles. The number of nitrogens with zero attached hydrogens (tertiary/aromatic N) is 5. The molecular formula is C36H46ClN5O5SSi. The third-order valence-electron chi connectivity index (χ3n) is 9.20. The molecule has 2 aliphatic rings. The number of aliphatic imine (C=N–C) groups is 1. The number of unbranched alkanes of at least 4 members (excludes halogenated alkanes) is 1. The van der Waals surface area contributed by atoms with Gasteiger partial charge in [0.05, 0.1) is 11.4 Å².